The van der Waals surface area contributed by atoms with Gasteiger partial charge in [0.1, 0.15) is 5.75 Å². The van der Waals surface area contributed by atoms with E-state index < -0.39 is 0 Å². The van der Waals surface area contributed by atoms with E-state index in [0.717, 1.165) is 27.9 Å². The molecule has 3 N–H and O–H groups in total. The summed E-state index contributed by atoms with van der Waals surface area (Å²) in [7, 11) is 1.66. The maximum absolute atomic E-state index is 12.6. The van der Waals surface area contributed by atoms with Gasteiger partial charge >= 0.3 is 0 Å². The Morgan fingerprint density at radius 1 is 1.27 bits per heavy atom. The van der Waals surface area contributed by atoms with E-state index in [9.17, 15) is 4.79 Å². The molecule has 160 valence electrons. The second-order valence-corrected chi connectivity index (χ2v) is 8.73. The molecule has 2 aliphatic rings. The molecule has 1 aliphatic carbocycles. The van der Waals surface area contributed by atoms with Gasteiger partial charge in [-0.15, -0.1) is 0 Å². The highest BCUT2D eigenvalue weighted by Gasteiger charge is 2.27. The molecule has 0 aromatic heterocycles. The highest BCUT2D eigenvalue weighted by molar-refractivity contribution is 9.10. The fourth-order valence-electron chi connectivity index (χ4n) is 3.61. The number of carbonyl (C=O) groups is 1. The summed E-state index contributed by atoms with van der Waals surface area (Å²) in [5.41, 5.74) is 2.81. The van der Waals surface area contributed by atoms with Gasteiger partial charge in [0, 0.05) is 25.2 Å². The van der Waals surface area contributed by atoms with E-state index >= 15 is 0 Å². The van der Waals surface area contributed by atoms with Crippen LogP contribution >= 0.6 is 15.9 Å². The van der Waals surface area contributed by atoms with Gasteiger partial charge in [-0.05, 0) is 64.0 Å². The Morgan fingerprint density at radius 3 is 2.80 bits per heavy atom. The zero-order valence-electron chi connectivity index (χ0n) is 17.1. The minimum atomic E-state index is -0.138. The first-order valence-electron chi connectivity index (χ1n) is 10.4. The van der Waals surface area contributed by atoms with Gasteiger partial charge in [0.2, 0.25) is 0 Å². The van der Waals surface area contributed by atoms with E-state index in [0.29, 0.717) is 31.2 Å². The zero-order valence-corrected chi connectivity index (χ0v) is 18.7. The highest BCUT2D eigenvalue weighted by atomic mass is 79.9. The van der Waals surface area contributed by atoms with Crippen LogP contribution in [0.3, 0.4) is 0 Å². The van der Waals surface area contributed by atoms with Gasteiger partial charge in [-0.1, -0.05) is 24.3 Å². The van der Waals surface area contributed by atoms with Crippen molar-refractivity contribution in [1.29, 1.82) is 0 Å². The minimum Gasteiger partial charge on any atom is -0.496 e. The predicted molar refractivity (Wildman–Crippen MR) is 120 cm³/mol. The first-order valence-corrected chi connectivity index (χ1v) is 11.2. The minimum absolute atomic E-state index is 0.00793. The molecule has 0 radical (unpaired) electrons. The topological polar surface area (TPSA) is 71.6 Å². The van der Waals surface area contributed by atoms with Crippen molar-refractivity contribution in [2.75, 3.05) is 26.8 Å². The summed E-state index contributed by atoms with van der Waals surface area (Å²) in [4.78, 5) is 12.6. The molecule has 1 saturated heterocycles. The van der Waals surface area contributed by atoms with Gasteiger partial charge < -0.3 is 14.8 Å². The fraction of sp³-hybridized carbons (Fsp3) is 0.435. The van der Waals surface area contributed by atoms with E-state index in [1.807, 2.05) is 36.4 Å². The molecule has 2 unspecified atom stereocenters. The molecule has 6 nitrogen and oxygen atoms in total. The molecule has 2 fully saturated rings. The first kappa shape index (κ1) is 21.3. The number of methoxy groups -OCH3 is 1. The molecule has 30 heavy (non-hydrogen) atoms. The van der Waals surface area contributed by atoms with E-state index in [1.165, 1.54) is 12.8 Å². The lowest BCUT2D eigenvalue weighted by Crippen LogP contribution is -2.51. The number of amides is 1. The lowest BCUT2D eigenvalue weighted by molar-refractivity contribution is -0.00558. The van der Waals surface area contributed by atoms with E-state index in [4.69, 9.17) is 9.47 Å². The van der Waals surface area contributed by atoms with Crippen LogP contribution in [0.2, 0.25) is 0 Å². The zero-order chi connectivity index (χ0) is 20.9. The highest BCUT2D eigenvalue weighted by Crippen LogP contribution is 2.28. The second-order valence-electron chi connectivity index (χ2n) is 7.87. The third kappa shape index (κ3) is 5.40. The Balaban J connectivity index is 1.30. The van der Waals surface area contributed by atoms with Crippen LogP contribution in [-0.4, -0.2) is 38.9 Å². The van der Waals surface area contributed by atoms with Crippen LogP contribution < -0.4 is 20.7 Å². The maximum atomic E-state index is 12.6. The van der Waals surface area contributed by atoms with Gasteiger partial charge in [0.05, 0.1) is 30.5 Å². The van der Waals surface area contributed by atoms with Crippen LogP contribution in [0, 0.1) is 5.92 Å². The number of ether oxygens (including phenoxy) is 2. The number of nitrogens with one attached hydrogen (secondary N) is 3. The second kappa shape index (κ2) is 9.92. The monoisotopic (exact) mass is 473 g/mol. The molecule has 0 spiro atoms. The van der Waals surface area contributed by atoms with Crippen molar-refractivity contribution in [2.24, 2.45) is 5.92 Å². The fourth-order valence-corrected chi connectivity index (χ4v) is 4.20. The van der Waals surface area contributed by atoms with Crippen LogP contribution in [0.15, 0.2) is 46.9 Å². The largest absolute Gasteiger partial charge is 0.496 e. The van der Waals surface area contributed by atoms with Gasteiger partial charge in [0.25, 0.3) is 5.91 Å². The Bertz CT molecular complexity index is 880. The Hall–Kier alpha value is -1.93. The number of rotatable bonds is 8. The van der Waals surface area contributed by atoms with E-state index in [-0.39, 0.29) is 18.2 Å². The molecule has 7 heteroatoms. The van der Waals surface area contributed by atoms with Gasteiger partial charge in [-0.2, -0.15) is 0 Å². The maximum Gasteiger partial charge on any atom is 0.251 e. The number of halogens is 1. The standard InChI is InChI=1S/C23H28BrN3O3/c1-29-20-9-8-16(10-19(20)24)12-25-22-14-30-21(13-26-22)17-4-2-3-5-18(17)23(28)27-11-15-6-7-15/h2-5,8-10,15,21-22,25-26H,6-7,11-14H2,1H3,(H,27,28). The summed E-state index contributed by atoms with van der Waals surface area (Å²) in [5.74, 6) is 1.47. The number of benzene rings is 2. The Kier molecular flexibility index (Phi) is 7.04. The van der Waals surface area contributed by atoms with Crippen LogP contribution in [-0.2, 0) is 11.3 Å². The van der Waals surface area contributed by atoms with Crippen molar-refractivity contribution in [1.82, 2.24) is 16.0 Å². The van der Waals surface area contributed by atoms with Crippen molar-refractivity contribution in [3.05, 3.63) is 63.6 Å². The third-order valence-corrected chi connectivity index (χ3v) is 6.20. The average Bonchev–Trinajstić information content (AvgIpc) is 3.61. The molecule has 1 amide bonds. The number of morpholine rings is 1. The van der Waals surface area contributed by atoms with Crippen LogP contribution in [0.5, 0.6) is 5.75 Å². The molecule has 2 atom stereocenters. The summed E-state index contributed by atoms with van der Waals surface area (Å²) >= 11 is 3.52. The lowest BCUT2D eigenvalue weighted by Gasteiger charge is -2.32. The predicted octanol–water partition coefficient (Wildman–Crippen LogP) is 3.37. The Labute approximate surface area is 185 Å². The quantitative estimate of drug-likeness (QED) is 0.548. The summed E-state index contributed by atoms with van der Waals surface area (Å²) in [5, 5.41) is 10.0. The van der Waals surface area contributed by atoms with Crippen LogP contribution in [0.1, 0.15) is 40.4 Å². The van der Waals surface area contributed by atoms with E-state index in [1.54, 1.807) is 7.11 Å². The summed E-state index contributed by atoms with van der Waals surface area (Å²) in [6.07, 6.45) is 2.36. The number of carbonyl (C=O) groups excluding carboxylic acids is 1. The van der Waals surface area contributed by atoms with Gasteiger partial charge in [-0.3, -0.25) is 15.4 Å². The van der Waals surface area contributed by atoms with E-state index in [2.05, 4.69) is 37.9 Å². The number of hydrogen-bond acceptors (Lipinski definition) is 5. The third-order valence-electron chi connectivity index (χ3n) is 5.58. The average molecular weight is 474 g/mol. The van der Waals surface area contributed by atoms with Crippen LogP contribution in [0.25, 0.3) is 0 Å². The van der Waals surface area contributed by atoms with Crippen molar-refractivity contribution in [3.8, 4) is 5.75 Å². The van der Waals surface area contributed by atoms with Crippen LogP contribution in [0.4, 0.5) is 0 Å². The molecule has 1 aliphatic heterocycles. The summed E-state index contributed by atoms with van der Waals surface area (Å²) < 4.78 is 12.3. The van der Waals surface area contributed by atoms with Crippen molar-refractivity contribution in [2.45, 2.75) is 31.7 Å². The Morgan fingerprint density at radius 2 is 2.10 bits per heavy atom. The molecule has 1 heterocycles. The molecule has 1 saturated carbocycles. The molecular weight excluding hydrogens is 446 g/mol. The summed E-state index contributed by atoms with van der Waals surface area (Å²) in [6.45, 7) is 2.66. The van der Waals surface area contributed by atoms with Crippen molar-refractivity contribution < 1.29 is 14.3 Å². The number of hydrogen-bond donors (Lipinski definition) is 3. The van der Waals surface area contributed by atoms with Crippen molar-refractivity contribution >= 4 is 21.8 Å². The van der Waals surface area contributed by atoms with Gasteiger partial charge in [-0.25, -0.2) is 0 Å². The van der Waals surface area contributed by atoms with Crippen molar-refractivity contribution in [3.63, 3.8) is 0 Å². The lowest BCUT2D eigenvalue weighted by atomic mass is 10.0. The molecule has 2 aromatic rings. The molecule has 0 bridgehead atoms. The molecule has 4 rings (SSSR count). The molecular formula is C23H28BrN3O3. The smallest absolute Gasteiger partial charge is 0.251 e. The first-order chi connectivity index (χ1) is 14.6. The van der Waals surface area contributed by atoms with Gasteiger partial charge in [0.15, 0.2) is 0 Å². The SMILES string of the molecule is COc1ccc(CNC2COC(c3ccccc3C(=O)NCC3CC3)CN2)cc1Br. The normalized spacial score (nSPS) is 21.3. The molecule has 2 aromatic carbocycles. The summed E-state index contributed by atoms with van der Waals surface area (Å²) in [6, 6.07) is 13.8.